The first-order valence-electron chi connectivity index (χ1n) is 3.01. The van der Waals surface area contributed by atoms with Crippen molar-refractivity contribution in [2.75, 3.05) is 0 Å². The Kier molecular flexibility index (Phi) is 1.84. The number of fused-ring (bicyclic) bond motifs is 1. The molecule has 3 nitrogen and oxygen atoms in total. The van der Waals surface area contributed by atoms with Crippen molar-refractivity contribution in [2.45, 2.75) is 0 Å². The number of halogens is 1. The van der Waals surface area contributed by atoms with Crippen LogP contribution in [0.3, 0.4) is 0 Å². The molecule has 2 heterocycles. The van der Waals surface area contributed by atoms with Gasteiger partial charge in [-0.1, -0.05) is 0 Å². The molecular formula is C6H3ClN3Tl. The fourth-order valence-electron chi connectivity index (χ4n) is 0.940. The van der Waals surface area contributed by atoms with E-state index in [2.05, 4.69) is 12.3 Å². The monoisotopic (exact) mass is 357 g/mol. The van der Waals surface area contributed by atoms with E-state index in [1.807, 2.05) is 12.3 Å². The Hall–Kier alpha value is -0.168. The van der Waals surface area contributed by atoms with Gasteiger partial charge in [0.25, 0.3) is 0 Å². The average Bonchev–Trinajstić information content (AvgIpc) is 2.35. The summed E-state index contributed by atoms with van der Waals surface area (Å²) in [4.78, 5) is 7.99. The molecule has 5 heteroatoms. The van der Waals surface area contributed by atoms with Crippen molar-refractivity contribution < 1.29 is 0 Å². The Morgan fingerprint density at radius 1 is 1.45 bits per heavy atom. The van der Waals surface area contributed by atoms with Gasteiger partial charge in [-0.05, 0) is 0 Å². The van der Waals surface area contributed by atoms with Crippen molar-refractivity contribution in [1.82, 2.24) is 12.3 Å². The summed E-state index contributed by atoms with van der Waals surface area (Å²) in [6.45, 7) is 0. The summed E-state index contributed by atoms with van der Waals surface area (Å²) in [5.41, 5.74) is 0.940. The van der Waals surface area contributed by atoms with Crippen LogP contribution in [0.1, 0.15) is 0 Å². The van der Waals surface area contributed by atoms with Crippen molar-refractivity contribution in [3.8, 4) is 0 Å². The first-order valence-corrected chi connectivity index (χ1v) is 5.40. The van der Waals surface area contributed by atoms with Crippen molar-refractivity contribution in [2.24, 2.45) is 0 Å². The van der Waals surface area contributed by atoms with Gasteiger partial charge in [0.05, 0.1) is 0 Å². The molecular weight excluding hydrogens is 354 g/mol. The van der Waals surface area contributed by atoms with Gasteiger partial charge in [0.15, 0.2) is 0 Å². The molecule has 0 aliphatic heterocycles. The van der Waals surface area contributed by atoms with Crippen molar-refractivity contribution in [3.63, 3.8) is 0 Å². The summed E-state index contributed by atoms with van der Waals surface area (Å²) in [5.74, 6) is 0. The molecule has 0 saturated heterocycles. The van der Waals surface area contributed by atoms with Crippen LogP contribution in [-0.2, 0) is 0 Å². The summed E-state index contributed by atoms with van der Waals surface area (Å²) in [5, 5.41) is 1.48. The predicted molar refractivity (Wildman–Crippen MR) is 43.7 cm³/mol. The van der Waals surface area contributed by atoms with Crippen LogP contribution in [0.4, 0.5) is 0 Å². The van der Waals surface area contributed by atoms with Crippen LogP contribution in [-0.4, -0.2) is 38.4 Å². The zero-order chi connectivity index (χ0) is 7.84. The van der Waals surface area contributed by atoms with Crippen LogP contribution in [0, 0.1) is 0 Å². The predicted octanol–water partition coefficient (Wildman–Crippen LogP) is 1.02. The zero-order valence-electron chi connectivity index (χ0n) is 5.53. The first-order chi connectivity index (χ1) is 5.29. The van der Waals surface area contributed by atoms with Gasteiger partial charge in [-0.2, -0.15) is 0 Å². The van der Waals surface area contributed by atoms with Gasteiger partial charge in [0.2, 0.25) is 0 Å². The fraction of sp³-hybridized carbons (Fsp3) is 0. The molecule has 0 N–H and O–H groups in total. The van der Waals surface area contributed by atoms with Gasteiger partial charge in [-0.3, -0.25) is 0 Å². The second-order valence-corrected chi connectivity index (χ2v) is 4.65. The normalized spacial score (nSPS) is 10.5. The number of nitrogens with zero attached hydrogens (tertiary/aromatic N) is 3. The van der Waals surface area contributed by atoms with Crippen LogP contribution in [0.15, 0.2) is 18.6 Å². The second kappa shape index (κ2) is 2.71. The van der Waals surface area contributed by atoms with Gasteiger partial charge in [0.1, 0.15) is 0 Å². The number of rotatable bonds is 0. The van der Waals surface area contributed by atoms with E-state index in [0.29, 0.717) is 5.15 Å². The molecule has 2 aromatic heterocycles. The summed E-state index contributed by atoms with van der Waals surface area (Å²) >= 11 is 6.55. The molecule has 2 aromatic rings. The van der Waals surface area contributed by atoms with E-state index in [4.69, 9.17) is 11.6 Å². The molecule has 52 valence electrons. The third kappa shape index (κ3) is 1.16. The molecule has 0 fully saturated rings. The van der Waals surface area contributed by atoms with Crippen molar-refractivity contribution in [3.05, 3.63) is 23.7 Å². The first kappa shape index (κ1) is 7.48. The summed E-state index contributed by atoms with van der Waals surface area (Å²) in [6.07, 6.45) is 3.47. The van der Waals surface area contributed by atoms with Gasteiger partial charge in [0, 0.05) is 0 Å². The minimum atomic E-state index is 0.536. The Morgan fingerprint density at radius 2 is 2.27 bits per heavy atom. The average molecular weight is 357 g/mol. The van der Waals surface area contributed by atoms with E-state index < -0.39 is 0 Å². The van der Waals surface area contributed by atoms with E-state index in [0.717, 1.165) is 37.1 Å². The molecule has 0 atom stereocenters. The maximum atomic E-state index is 5.82. The van der Waals surface area contributed by atoms with Crippen LogP contribution in [0.25, 0.3) is 11.0 Å². The SMILES string of the molecule is Clc1ncnc2c1cc[n]2[Tl]. The van der Waals surface area contributed by atoms with Gasteiger partial charge >= 0.3 is 84.8 Å². The Morgan fingerprint density at radius 3 is 3.00 bits per heavy atom. The van der Waals surface area contributed by atoms with Crippen molar-refractivity contribution in [1.29, 1.82) is 0 Å². The zero-order valence-corrected chi connectivity index (χ0v) is 10.8. The third-order valence-electron chi connectivity index (χ3n) is 1.46. The molecule has 0 saturated carbocycles. The molecule has 0 amide bonds. The number of aromatic nitrogens is 3. The quantitative estimate of drug-likeness (QED) is 0.521. The second-order valence-electron chi connectivity index (χ2n) is 2.12. The maximum absolute atomic E-state index is 5.82. The standard InChI is InChI=1S/C6H3ClN3.Tl/c7-5-4-1-2-8-6(4)10-3-9-5;/h1-3H;/q-1;+1. The molecule has 0 aliphatic rings. The van der Waals surface area contributed by atoms with E-state index in [1.165, 1.54) is 6.33 Å². The van der Waals surface area contributed by atoms with Gasteiger partial charge in [-0.15, -0.1) is 0 Å². The molecule has 0 spiro atoms. The Labute approximate surface area is 84.5 Å². The van der Waals surface area contributed by atoms with E-state index in [-0.39, 0.29) is 0 Å². The molecule has 0 radical (unpaired) electrons. The molecule has 0 unspecified atom stereocenters. The van der Waals surface area contributed by atoms with E-state index in [9.17, 15) is 0 Å². The molecule has 0 bridgehead atoms. The molecule has 0 aromatic carbocycles. The number of hydrogen-bond acceptors (Lipinski definition) is 2. The molecule has 2 rings (SSSR count). The fourth-order valence-corrected chi connectivity index (χ4v) is 2.27. The van der Waals surface area contributed by atoms with E-state index >= 15 is 0 Å². The van der Waals surface area contributed by atoms with E-state index in [1.54, 1.807) is 0 Å². The summed E-state index contributed by atoms with van der Waals surface area (Å²) in [7, 11) is 0. The summed E-state index contributed by atoms with van der Waals surface area (Å²) < 4.78 is 2.07. The molecule has 11 heavy (non-hydrogen) atoms. The van der Waals surface area contributed by atoms with Crippen LogP contribution >= 0.6 is 11.6 Å². The van der Waals surface area contributed by atoms with Gasteiger partial charge < -0.3 is 0 Å². The summed E-state index contributed by atoms with van der Waals surface area (Å²) in [6, 6.07) is 1.94. The third-order valence-corrected chi connectivity index (χ3v) is 3.38. The Balaban J connectivity index is 2.94. The Bertz CT molecular complexity index is 398. The van der Waals surface area contributed by atoms with Crippen molar-refractivity contribution >= 4 is 48.7 Å². The topological polar surface area (TPSA) is 30.7 Å². The van der Waals surface area contributed by atoms with Crippen LogP contribution in [0.2, 0.25) is 5.15 Å². The van der Waals surface area contributed by atoms with Crippen LogP contribution in [0.5, 0.6) is 0 Å². The van der Waals surface area contributed by atoms with Gasteiger partial charge in [-0.25, -0.2) is 0 Å². The van der Waals surface area contributed by atoms with Crippen LogP contribution < -0.4 is 0 Å². The number of hydrogen-bond donors (Lipinski definition) is 0. The minimum absolute atomic E-state index is 0.536. The molecule has 0 aliphatic carbocycles.